The normalized spacial score (nSPS) is 11.7. The molecular weight excluding hydrogens is 400 g/mol. The number of thiol groups is 1. The van der Waals surface area contributed by atoms with Crippen molar-refractivity contribution in [1.29, 1.82) is 0 Å². The molecular formula is C21H30N6O2S. The van der Waals surface area contributed by atoms with Gasteiger partial charge in [-0.25, -0.2) is 0 Å². The quantitative estimate of drug-likeness (QED) is 0.332. The number of aromatic nitrogens is 4. The van der Waals surface area contributed by atoms with Crippen molar-refractivity contribution in [2.75, 3.05) is 12.3 Å². The smallest absolute Gasteiger partial charge is 0.243 e. The first kappa shape index (κ1) is 23.7. The Morgan fingerprint density at radius 2 is 1.67 bits per heavy atom. The van der Waals surface area contributed by atoms with Crippen molar-refractivity contribution < 1.29 is 9.59 Å². The number of nitrogens with zero attached hydrogens (tertiary/aromatic N) is 4. The Morgan fingerprint density at radius 3 is 2.33 bits per heavy atom. The molecule has 1 unspecified atom stereocenters. The highest BCUT2D eigenvalue weighted by Crippen LogP contribution is 2.14. The fourth-order valence-corrected chi connectivity index (χ4v) is 3.21. The first-order chi connectivity index (χ1) is 14.6. The zero-order chi connectivity index (χ0) is 21.6. The van der Waals surface area contributed by atoms with Crippen molar-refractivity contribution in [2.24, 2.45) is 0 Å². The van der Waals surface area contributed by atoms with Crippen LogP contribution in [0.15, 0.2) is 30.6 Å². The highest BCUT2D eigenvalue weighted by atomic mass is 32.1. The van der Waals surface area contributed by atoms with E-state index >= 15 is 0 Å². The van der Waals surface area contributed by atoms with Crippen molar-refractivity contribution in [3.63, 3.8) is 0 Å². The van der Waals surface area contributed by atoms with Crippen molar-refractivity contribution in [2.45, 2.75) is 57.9 Å². The minimum absolute atomic E-state index is 0.168. The molecule has 0 aliphatic heterocycles. The maximum Gasteiger partial charge on any atom is 0.243 e. The van der Waals surface area contributed by atoms with Gasteiger partial charge in [0.2, 0.25) is 17.6 Å². The zero-order valence-corrected chi connectivity index (χ0v) is 18.3. The van der Waals surface area contributed by atoms with Crippen LogP contribution < -0.4 is 10.6 Å². The van der Waals surface area contributed by atoms with E-state index in [2.05, 4.69) is 50.6 Å². The lowest BCUT2D eigenvalue weighted by molar-refractivity contribution is -0.128. The van der Waals surface area contributed by atoms with E-state index in [9.17, 15) is 9.59 Å². The number of benzene rings is 1. The minimum Gasteiger partial charge on any atom is -0.354 e. The van der Waals surface area contributed by atoms with Crippen molar-refractivity contribution in [1.82, 2.24) is 31.0 Å². The summed E-state index contributed by atoms with van der Waals surface area (Å²) in [5.74, 6) is 0.253. The van der Waals surface area contributed by atoms with Crippen molar-refractivity contribution in [3.05, 3.63) is 36.2 Å². The molecule has 0 radical (unpaired) electrons. The van der Waals surface area contributed by atoms with Gasteiger partial charge in [-0.2, -0.15) is 12.6 Å². The Kier molecular flexibility index (Phi) is 10.8. The third-order valence-electron chi connectivity index (χ3n) is 4.65. The summed E-state index contributed by atoms with van der Waals surface area (Å²) < 4.78 is 0. The van der Waals surface area contributed by atoms with Gasteiger partial charge in [-0.1, -0.05) is 63.3 Å². The van der Waals surface area contributed by atoms with Crippen LogP contribution >= 0.6 is 12.6 Å². The topological polar surface area (TPSA) is 110 Å². The van der Waals surface area contributed by atoms with Crippen LogP contribution in [0.25, 0.3) is 11.4 Å². The van der Waals surface area contributed by atoms with Gasteiger partial charge in [0.1, 0.15) is 6.04 Å². The van der Waals surface area contributed by atoms with E-state index in [0.29, 0.717) is 12.4 Å². The molecule has 30 heavy (non-hydrogen) atoms. The van der Waals surface area contributed by atoms with Gasteiger partial charge in [-0.05, 0) is 12.0 Å². The van der Waals surface area contributed by atoms with Gasteiger partial charge in [0, 0.05) is 17.9 Å². The third-order valence-corrected chi connectivity index (χ3v) is 5.01. The predicted octanol–water partition coefficient (Wildman–Crippen LogP) is 2.37. The summed E-state index contributed by atoms with van der Waals surface area (Å²) in [6.07, 6.45) is 8.41. The van der Waals surface area contributed by atoms with Crippen LogP contribution in [0.1, 0.15) is 51.0 Å². The standard InChI is InChI=1S/C21H30N6O2S/c1-2-3-4-5-6-7-12-22-21(29)18(14-30)25-19(28)13-16-8-10-17(11-9-16)20-26-23-15-24-27-20/h8-11,15,18,30H,2-7,12-14H2,1H3,(H,22,29)(H,25,28). The van der Waals surface area contributed by atoms with Crippen LogP contribution in [-0.2, 0) is 16.0 Å². The number of hydrogen-bond acceptors (Lipinski definition) is 7. The largest absolute Gasteiger partial charge is 0.354 e. The molecule has 1 atom stereocenters. The van der Waals surface area contributed by atoms with Crippen molar-refractivity contribution in [3.8, 4) is 11.4 Å². The predicted molar refractivity (Wildman–Crippen MR) is 119 cm³/mol. The van der Waals surface area contributed by atoms with Gasteiger partial charge in [-0.3, -0.25) is 9.59 Å². The number of amides is 2. The number of unbranched alkanes of at least 4 members (excludes halogenated alkanes) is 5. The van der Waals surface area contributed by atoms with Crippen LogP contribution in [0, 0.1) is 0 Å². The molecule has 2 N–H and O–H groups in total. The summed E-state index contributed by atoms with van der Waals surface area (Å²) in [5, 5.41) is 20.9. The van der Waals surface area contributed by atoms with Crippen LogP contribution in [0.3, 0.4) is 0 Å². The third kappa shape index (κ3) is 8.44. The Morgan fingerprint density at radius 1 is 1.00 bits per heavy atom. The fraction of sp³-hybridized carbons (Fsp3) is 0.524. The molecule has 2 aromatic rings. The summed E-state index contributed by atoms with van der Waals surface area (Å²) in [4.78, 5) is 24.6. The van der Waals surface area contributed by atoms with E-state index in [1.165, 1.54) is 32.0 Å². The minimum atomic E-state index is -0.643. The molecule has 1 aromatic carbocycles. The van der Waals surface area contributed by atoms with Gasteiger partial charge in [0.05, 0.1) is 6.42 Å². The van der Waals surface area contributed by atoms with Crippen LogP contribution in [-0.4, -0.2) is 50.5 Å². The average molecular weight is 431 g/mol. The van der Waals surface area contributed by atoms with E-state index in [-0.39, 0.29) is 24.0 Å². The van der Waals surface area contributed by atoms with Gasteiger partial charge < -0.3 is 10.6 Å². The Balaban J connectivity index is 1.74. The second kappa shape index (κ2) is 13.6. The highest BCUT2D eigenvalue weighted by molar-refractivity contribution is 7.80. The Bertz CT molecular complexity index is 773. The maximum absolute atomic E-state index is 12.3. The summed E-state index contributed by atoms with van der Waals surface area (Å²) in [7, 11) is 0. The van der Waals surface area contributed by atoms with Gasteiger partial charge in [0.25, 0.3) is 0 Å². The SMILES string of the molecule is CCCCCCCCNC(=O)C(CS)NC(=O)Cc1ccc(-c2nncnn2)cc1. The monoisotopic (exact) mass is 430 g/mol. The molecule has 0 bridgehead atoms. The number of hydrogen-bond donors (Lipinski definition) is 3. The molecule has 1 aromatic heterocycles. The summed E-state index contributed by atoms with van der Waals surface area (Å²) in [5.41, 5.74) is 1.58. The molecule has 0 fully saturated rings. The first-order valence-corrected chi connectivity index (χ1v) is 11.0. The molecule has 0 aliphatic rings. The lowest BCUT2D eigenvalue weighted by Gasteiger charge is -2.16. The molecule has 0 saturated carbocycles. The molecule has 1 heterocycles. The average Bonchev–Trinajstić information content (AvgIpc) is 2.77. The molecule has 0 aliphatic carbocycles. The Hall–Kier alpha value is -2.55. The molecule has 9 heteroatoms. The summed E-state index contributed by atoms with van der Waals surface area (Å²) >= 11 is 4.21. The maximum atomic E-state index is 12.3. The number of carbonyl (C=O) groups excluding carboxylic acids is 2. The number of rotatable bonds is 13. The lowest BCUT2D eigenvalue weighted by atomic mass is 10.1. The molecule has 0 saturated heterocycles. The molecule has 2 amide bonds. The van der Waals surface area contributed by atoms with Crippen LogP contribution in [0.2, 0.25) is 0 Å². The molecule has 162 valence electrons. The van der Waals surface area contributed by atoms with Gasteiger partial charge in [0.15, 0.2) is 6.33 Å². The van der Waals surface area contributed by atoms with Gasteiger partial charge in [-0.15, -0.1) is 20.4 Å². The number of nitrogens with one attached hydrogen (secondary N) is 2. The van der Waals surface area contributed by atoms with Crippen molar-refractivity contribution >= 4 is 24.4 Å². The van der Waals surface area contributed by atoms with Crippen LogP contribution in [0.4, 0.5) is 0 Å². The second-order valence-electron chi connectivity index (χ2n) is 7.11. The highest BCUT2D eigenvalue weighted by Gasteiger charge is 2.19. The number of carbonyl (C=O) groups is 2. The van der Waals surface area contributed by atoms with E-state index in [4.69, 9.17) is 0 Å². The molecule has 0 spiro atoms. The first-order valence-electron chi connectivity index (χ1n) is 10.4. The van der Waals surface area contributed by atoms with Crippen LogP contribution in [0.5, 0.6) is 0 Å². The summed E-state index contributed by atoms with van der Waals surface area (Å²) in [6.45, 7) is 2.81. The second-order valence-corrected chi connectivity index (χ2v) is 7.47. The lowest BCUT2D eigenvalue weighted by Crippen LogP contribution is -2.48. The van der Waals surface area contributed by atoms with E-state index in [0.717, 1.165) is 24.0 Å². The fourth-order valence-electron chi connectivity index (χ4n) is 2.96. The van der Waals surface area contributed by atoms with Gasteiger partial charge >= 0.3 is 0 Å². The summed E-state index contributed by atoms with van der Waals surface area (Å²) in [6, 6.07) is 6.61. The van der Waals surface area contributed by atoms with E-state index < -0.39 is 6.04 Å². The molecule has 2 rings (SSSR count). The van der Waals surface area contributed by atoms with E-state index in [1.54, 1.807) is 0 Å². The molecule has 8 nitrogen and oxygen atoms in total. The van der Waals surface area contributed by atoms with E-state index in [1.807, 2.05) is 24.3 Å². The zero-order valence-electron chi connectivity index (χ0n) is 17.4. The Labute approximate surface area is 183 Å².